The summed E-state index contributed by atoms with van der Waals surface area (Å²) in [6.45, 7) is 6.43. The molecule has 0 bridgehead atoms. The van der Waals surface area contributed by atoms with Crippen molar-refractivity contribution in [3.05, 3.63) is 11.6 Å². The topological polar surface area (TPSA) is 104 Å². The van der Waals surface area contributed by atoms with E-state index in [0.29, 0.717) is 32.3 Å². The average molecular weight is 407 g/mol. The number of fused-ring (bicyclic) bond motifs is 5. The largest absolute Gasteiger partial charge is 0.390 e. The molecule has 0 aliphatic heterocycles. The number of allylic oxidation sites excluding steroid dienone is 1. The Kier molecular flexibility index (Phi) is 5.09. The highest BCUT2D eigenvalue weighted by Crippen LogP contribution is 2.67. The second kappa shape index (κ2) is 6.98. The van der Waals surface area contributed by atoms with Crippen molar-refractivity contribution in [1.29, 1.82) is 0 Å². The van der Waals surface area contributed by atoms with Gasteiger partial charge < -0.3 is 20.1 Å². The summed E-state index contributed by atoms with van der Waals surface area (Å²) < 4.78 is 5.35. The van der Waals surface area contributed by atoms with Crippen LogP contribution in [0.2, 0.25) is 0 Å². The smallest absolute Gasteiger partial charge is 0.162 e. The number of carbonyl (C=O) groups is 2. The van der Waals surface area contributed by atoms with Gasteiger partial charge in [-0.15, -0.1) is 0 Å². The summed E-state index contributed by atoms with van der Waals surface area (Å²) >= 11 is 0. The fourth-order valence-electron chi connectivity index (χ4n) is 7.19. The Labute approximate surface area is 172 Å². The normalized spacial score (nSPS) is 49.1. The molecule has 8 unspecified atom stereocenters. The van der Waals surface area contributed by atoms with E-state index in [0.717, 1.165) is 12.0 Å². The molecule has 0 amide bonds. The molecular weight excluding hydrogens is 372 g/mol. The van der Waals surface area contributed by atoms with Crippen LogP contribution in [0.4, 0.5) is 0 Å². The summed E-state index contributed by atoms with van der Waals surface area (Å²) in [7, 11) is 0. The van der Waals surface area contributed by atoms with Crippen LogP contribution in [0.25, 0.3) is 0 Å². The zero-order valence-electron chi connectivity index (χ0n) is 17.7. The summed E-state index contributed by atoms with van der Waals surface area (Å²) in [5.41, 5.74) is -1.53. The third-order valence-electron chi connectivity index (χ3n) is 8.95. The van der Waals surface area contributed by atoms with E-state index in [1.54, 1.807) is 6.08 Å². The highest BCUT2D eigenvalue weighted by atomic mass is 16.5. The molecule has 0 heterocycles. The SMILES string of the molecule is CCOCC(=O)C1CCC2(O)C3=CC(=O)C4CC(O)C(O)CC4(C)C3CCC12C. The van der Waals surface area contributed by atoms with E-state index in [4.69, 9.17) is 4.74 Å². The zero-order chi connectivity index (χ0) is 21.2. The second-order valence-electron chi connectivity index (χ2n) is 10.2. The Hall–Kier alpha value is -1.08. The number of aliphatic hydroxyl groups is 3. The van der Waals surface area contributed by atoms with Crippen molar-refractivity contribution >= 4 is 11.6 Å². The Morgan fingerprint density at radius 1 is 1.17 bits per heavy atom. The molecule has 4 aliphatic carbocycles. The van der Waals surface area contributed by atoms with Crippen LogP contribution in [0.3, 0.4) is 0 Å². The number of ether oxygens (including phenoxy) is 1. The van der Waals surface area contributed by atoms with E-state index in [1.807, 2.05) is 20.8 Å². The first-order valence-corrected chi connectivity index (χ1v) is 11.0. The van der Waals surface area contributed by atoms with Crippen molar-refractivity contribution < 1.29 is 29.6 Å². The summed E-state index contributed by atoms with van der Waals surface area (Å²) in [6.07, 6.45) is 3.04. The monoisotopic (exact) mass is 406 g/mol. The van der Waals surface area contributed by atoms with E-state index < -0.39 is 28.6 Å². The number of hydrogen-bond donors (Lipinski definition) is 3. The highest BCUT2D eigenvalue weighted by molar-refractivity contribution is 5.95. The first-order chi connectivity index (χ1) is 13.6. The first kappa shape index (κ1) is 21.2. The maximum Gasteiger partial charge on any atom is 0.162 e. The Morgan fingerprint density at radius 2 is 1.90 bits per heavy atom. The van der Waals surface area contributed by atoms with Crippen LogP contribution in [0, 0.1) is 28.6 Å². The second-order valence-corrected chi connectivity index (χ2v) is 10.2. The fourth-order valence-corrected chi connectivity index (χ4v) is 7.19. The molecular formula is C23H34O6. The van der Waals surface area contributed by atoms with Crippen LogP contribution in [-0.4, -0.2) is 57.9 Å². The number of aliphatic hydroxyl groups excluding tert-OH is 2. The number of hydrogen-bond acceptors (Lipinski definition) is 6. The van der Waals surface area contributed by atoms with E-state index in [1.165, 1.54) is 0 Å². The van der Waals surface area contributed by atoms with Crippen molar-refractivity contribution in [2.24, 2.45) is 28.6 Å². The Bertz CT molecular complexity index is 746. The van der Waals surface area contributed by atoms with Crippen LogP contribution in [-0.2, 0) is 14.3 Å². The maximum absolute atomic E-state index is 13.1. The van der Waals surface area contributed by atoms with Gasteiger partial charge in [0.05, 0.1) is 17.8 Å². The van der Waals surface area contributed by atoms with Gasteiger partial charge in [0, 0.05) is 23.9 Å². The van der Waals surface area contributed by atoms with Crippen LogP contribution < -0.4 is 0 Å². The number of carbonyl (C=O) groups excluding carboxylic acids is 2. The third kappa shape index (κ3) is 2.83. The summed E-state index contributed by atoms with van der Waals surface area (Å²) in [6, 6.07) is 0. The molecule has 6 nitrogen and oxygen atoms in total. The van der Waals surface area contributed by atoms with Gasteiger partial charge in [-0.2, -0.15) is 0 Å². The average Bonchev–Trinajstić information content (AvgIpc) is 2.94. The van der Waals surface area contributed by atoms with Gasteiger partial charge in [-0.25, -0.2) is 0 Å². The minimum Gasteiger partial charge on any atom is -0.390 e. The summed E-state index contributed by atoms with van der Waals surface area (Å²) in [5.74, 6) is -0.663. The molecule has 3 saturated carbocycles. The van der Waals surface area contributed by atoms with Crippen molar-refractivity contribution in [1.82, 2.24) is 0 Å². The number of ketones is 2. The predicted octanol–water partition coefficient (Wildman–Crippen LogP) is 1.80. The molecule has 0 radical (unpaired) electrons. The molecule has 29 heavy (non-hydrogen) atoms. The fraction of sp³-hybridized carbons (Fsp3) is 0.826. The van der Waals surface area contributed by atoms with Gasteiger partial charge in [-0.3, -0.25) is 9.59 Å². The minimum atomic E-state index is -1.19. The molecule has 8 atom stereocenters. The van der Waals surface area contributed by atoms with E-state index in [-0.39, 0.29) is 42.3 Å². The van der Waals surface area contributed by atoms with Crippen LogP contribution >= 0.6 is 0 Å². The van der Waals surface area contributed by atoms with Crippen molar-refractivity contribution in [3.8, 4) is 0 Å². The zero-order valence-corrected chi connectivity index (χ0v) is 17.7. The molecule has 0 aromatic heterocycles. The lowest BCUT2D eigenvalue weighted by Crippen LogP contribution is -2.61. The van der Waals surface area contributed by atoms with Crippen molar-refractivity contribution in [3.63, 3.8) is 0 Å². The maximum atomic E-state index is 13.1. The van der Waals surface area contributed by atoms with Crippen molar-refractivity contribution in [2.45, 2.75) is 77.1 Å². The molecule has 3 fully saturated rings. The van der Waals surface area contributed by atoms with Gasteiger partial charge >= 0.3 is 0 Å². The van der Waals surface area contributed by atoms with Crippen molar-refractivity contribution in [2.75, 3.05) is 13.2 Å². The lowest BCUT2D eigenvalue weighted by molar-refractivity contribution is -0.155. The van der Waals surface area contributed by atoms with Crippen LogP contribution in [0.15, 0.2) is 11.6 Å². The summed E-state index contributed by atoms with van der Waals surface area (Å²) in [4.78, 5) is 25.9. The van der Waals surface area contributed by atoms with E-state index in [2.05, 4.69) is 0 Å². The van der Waals surface area contributed by atoms with Gasteiger partial charge in [0.2, 0.25) is 0 Å². The first-order valence-electron chi connectivity index (χ1n) is 11.0. The molecule has 4 rings (SSSR count). The lowest BCUT2D eigenvalue weighted by Gasteiger charge is -2.59. The van der Waals surface area contributed by atoms with Gasteiger partial charge in [-0.1, -0.05) is 13.8 Å². The quantitative estimate of drug-likeness (QED) is 0.658. The minimum absolute atomic E-state index is 0.0221. The van der Waals surface area contributed by atoms with Crippen LogP contribution in [0.1, 0.15) is 59.3 Å². The molecule has 0 aromatic carbocycles. The van der Waals surface area contributed by atoms with E-state index >= 15 is 0 Å². The van der Waals surface area contributed by atoms with Gasteiger partial charge in [0.15, 0.2) is 11.6 Å². The highest BCUT2D eigenvalue weighted by Gasteiger charge is 2.67. The molecule has 0 aromatic rings. The predicted molar refractivity (Wildman–Crippen MR) is 106 cm³/mol. The molecule has 4 aliphatic rings. The molecule has 3 N–H and O–H groups in total. The lowest BCUT2D eigenvalue weighted by atomic mass is 9.46. The Balaban J connectivity index is 1.71. The van der Waals surface area contributed by atoms with Gasteiger partial charge in [-0.05, 0) is 68.4 Å². The molecule has 0 saturated heterocycles. The van der Waals surface area contributed by atoms with E-state index in [9.17, 15) is 24.9 Å². The molecule has 6 heteroatoms. The van der Waals surface area contributed by atoms with Gasteiger partial charge in [0.25, 0.3) is 0 Å². The third-order valence-corrected chi connectivity index (χ3v) is 8.95. The standard InChI is InChI=1S/C23H34O6/c1-4-29-12-20(27)14-6-8-23(28)15-9-17(24)16-10-18(25)19(26)11-21(16,2)13(15)5-7-22(14,23)3/h9,13-14,16,18-19,25-26,28H,4-8,10-12H2,1-3H3. The van der Waals surface area contributed by atoms with Gasteiger partial charge in [0.1, 0.15) is 6.61 Å². The van der Waals surface area contributed by atoms with Crippen LogP contribution in [0.5, 0.6) is 0 Å². The number of Topliss-reactive ketones (excluding diaryl/α,β-unsaturated/α-hetero) is 1. The molecule has 162 valence electrons. The Morgan fingerprint density at radius 3 is 2.59 bits per heavy atom. The summed E-state index contributed by atoms with van der Waals surface area (Å²) in [5, 5.41) is 32.4. The number of rotatable bonds is 4. The molecule has 0 spiro atoms.